The smallest absolute Gasteiger partial charge is 0.305 e. The summed E-state index contributed by atoms with van der Waals surface area (Å²) in [5.74, 6) is -1.54. The first-order valence-corrected chi connectivity index (χ1v) is 17.4. The Morgan fingerprint density at radius 2 is 1.64 bits per heavy atom. The molecule has 1 aromatic heterocycles. The molecule has 6 unspecified atom stereocenters. The van der Waals surface area contributed by atoms with E-state index in [-0.39, 0.29) is 58.1 Å². The number of aromatic amines is 1. The summed E-state index contributed by atoms with van der Waals surface area (Å²) in [6, 6.07) is 22.1. The molecule has 10 heteroatoms. The van der Waals surface area contributed by atoms with Gasteiger partial charge in [0, 0.05) is 45.9 Å². The zero-order valence-electron chi connectivity index (χ0n) is 25.1. The standard InChI is InChI=1S/C35H34N4O4S2/c1-3-38(4-2)20-14-12-19(13-15-20)26-27-22-16-23(30(27)44-32-31(26)45-35(43)37-32)29-28(22)33(41)39(34(29)42)17-25(40)36-24-11-7-9-18-8-5-6-10-21(18)24/h5-15,22-23,26-30H,3-4,16-17H2,1-2H3,(H,36,40)(H,37,43)/t22?,23?,26-,27?,28?,29?,30?/m1/s1. The van der Waals surface area contributed by atoms with Gasteiger partial charge < -0.3 is 15.2 Å². The summed E-state index contributed by atoms with van der Waals surface area (Å²) in [5, 5.41) is 5.87. The molecule has 2 aliphatic carbocycles. The maximum absolute atomic E-state index is 14.0. The maximum atomic E-state index is 14.0. The van der Waals surface area contributed by atoms with Gasteiger partial charge in [-0.05, 0) is 67.2 Å². The third-order valence-corrected chi connectivity index (χ3v) is 13.1. The lowest BCUT2D eigenvalue weighted by Crippen LogP contribution is -2.42. The Bertz CT molecular complexity index is 1890. The van der Waals surface area contributed by atoms with Crippen LogP contribution in [0.15, 0.2) is 76.6 Å². The highest BCUT2D eigenvalue weighted by atomic mass is 32.2. The van der Waals surface area contributed by atoms with Crippen LogP contribution in [-0.2, 0) is 14.4 Å². The Hall–Kier alpha value is -3.89. The zero-order chi connectivity index (χ0) is 31.0. The number of carbonyl (C=O) groups excluding carboxylic acids is 3. The van der Waals surface area contributed by atoms with E-state index in [4.69, 9.17) is 0 Å². The molecule has 4 aromatic rings. The Morgan fingerprint density at radius 1 is 0.933 bits per heavy atom. The number of imide groups is 1. The summed E-state index contributed by atoms with van der Waals surface area (Å²) in [4.78, 5) is 61.3. The van der Waals surface area contributed by atoms with Crippen molar-refractivity contribution in [3.05, 3.63) is 86.8 Å². The maximum Gasteiger partial charge on any atom is 0.305 e. The second kappa shape index (κ2) is 10.9. The zero-order valence-corrected chi connectivity index (χ0v) is 26.7. The summed E-state index contributed by atoms with van der Waals surface area (Å²) >= 11 is 2.95. The number of rotatable bonds is 7. The topological polar surface area (TPSA) is 103 Å². The number of carbonyl (C=O) groups is 3. The monoisotopic (exact) mass is 638 g/mol. The molecule has 3 aromatic carbocycles. The van der Waals surface area contributed by atoms with Crippen LogP contribution >= 0.6 is 23.1 Å². The van der Waals surface area contributed by atoms with Crippen LogP contribution in [0.5, 0.6) is 0 Å². The average Bonchev–Trinajstić information content (AvgIpc) is 3.78. The molecule has 2 bridgehead atoms. The summed E-state index contributed by atoms with van der Waals surface area (Å²) in [5.41, 5.74) is 2.97. The van der Waals surface area contributed by atoms with Crippen molar-refractivity contribution in [2.75, 3.05) is 29.9 Å². The SMILES string of the molecule is CCN(CC)c1ccc([C@H]2c3sc(=O)[nH]c3SC3C4CC(C5C(=O)N(CC(=O)Nc6cccc7ccccc67)C(=O)C45)C32)cc1. The number of hydrogen-bond acceptors (Lipinski definition) is 7. The fourth-order valence-corrected chi connectivity index (χ4v) is 11.6. The molecule has 1 saturated heterocycles. The minimum atomic E-state index is -0.427. The van der Waals surface area contributed by atoms with Crippen molar-refractivity contribution >= 4 is 63.0 Å². The van der Waals surface area contributed by atoms with E-state index in [2.05, 4.69) is 53.3 Å². The molecular formula is C35H34N4O4S2. The van der Waals surface area contributed by atoms with Crippen LogP contribution in [0.1, 0.15) is 36.6 Å². The first-order chi connectivity index (χ1) is 21.9. The van der Waals surface area contributed by atoms with Gasteiger partial charge in [0.25, 0.3) is 0 Å². The van der Waals surface area contributed by atoms with Gasteiger partial charge in [0.1, 0.15) is 6.54 Å². The van der Waals surface area contributed by atoms with E-state index in [9.17, 15) is 19.2 Å². The molecule has 230 valence electrons. The Labute approximate surface area is 269 Å². The minimum absolute atomic E-state index is 0.0119. The second-order valence-corrected chi connectivity index (χ2v) is 14.8. The molecule has 4 aliphatic rings. The minimum Gasteiger partial charge on any atom is -0.372 e. The fourth-order valence-electron chi connectivity index (χ4n) is 8.76. The first kappa shape index (κ1) is 28.6. The molecule has 8 nitrogen and oxygen atoms in total. The molecule has 3 fully saturated rings. The average molecular weight is 639 g/mol. The fraction of sp³-hybridized carbons (Fsp3) is 0.371. The highest BCUT2D eigenvalue weighted by molar-refractivity contribution is 8.00. The van der Waals surface area contributed by atoms with Crippen LogP contribution < -0.4 is 15.1 Å². The number of thioether (sulfide) groups is 1. The molecule has 45 heavy (non-hydrogen) atoms. The number of H-pyrrole nitrogens is 1. The number of fused-ring (bicyclic) bond motifs is 10. The molecule has 2 N–H and O–H groups in total. The third-order valence-electron chi connectivity index (χ3n) is 10.6. The summed E-state index contributed by atoms with van der Waals surface area (Å²) in [6.45, 7) is 5.85. The van der Waals surface area contributed by atoms with Gasteiger partial charge in [0.15, 0.2) is 0 Å². The van der Waals surface area contributed by atoms with Gasteiger partial charge in [0.05, 0.1) is 16.9 Å². The van der Waals surface area contributed by atoms with Crippen molar-refractivity contribution in [1.82, 2.24) is 9.88 Å². The Balaban J connectivity index is 1.08. The van der Waals surface area contributed by atoms with Crippen molar-refractivity contribution in [2.45, 2.75) is 36.5 Å². The highest BCUT2D eigenvalue weighted by Crippen LogP contribution is 2.68. The number of thiazole rings is 1. The molecule has 2 saturated carbocycles. The lowest BCUT2D eigenvalue weighted by atomic mass is 9.68. The third kappa shape index (κ3) is 4.40. The van der Waals surface area contributed by atoms with E-state index in [1.165, 1.54) is 16.2 Å². The molecular weight excluding hydrogens is 605 g/mol. The van der Waals surface area contributed by atoms with Gasteiger partial charge in [-0.2, -0.15) is 0 Å². The van der Waals surface area contributed by atoms with E-state index in [0.29, 0.717) is 5.69 Å². The van der Waals surface area contributed by atoms with Crippen LogP contribution in [0.2, 0.25) is 0 Å². The molecule has 3 amide bonds. The quantitative estimate of drug-likeness (QED) is 0.258. The summed E-state index contributed by atoms with van der Waals surface area (Å²) < 4.78 is 0. The predicted octanol–water partition coefficient (Wildman–Crippen LogP) is 5.55. The van der Waals surface area contributed by atoms with Crippen LogP contribution in [0.25, 0.3) is 10.8 Å². The number of benzene rings is 3. The van der Waals surface area contributed by atoms with Gasteiger partial charge in [-0.25, -0.2) is 0 Å². The molecule has 0 spiro atoms. The van der Waals surface area contributed by atoms with Crippen molar-refractivity contribution < 1.29 is 14.4 Å². The predicted molar refractivity (Wildman–Crippen MR) is 178 cm³/mol. The number of nitrogens with one attached hydrogen (secondary N) is 2. The van der Waals surface area contributed by atoms with E-state index in [0.717, 1.165) is 51.4 Å². The number of nitrogens with zero attached hydrogens (tertiary/aromatic N) is 2. The number of anilines is 2. The van der Waals surface area contributed by atoms with E-state index < -0.39 is 11.8 Å². The highest BCUT2D eigenvalue weighted by Gasteiger charge is 2.69. The first-order valence-electron chi connectivity index (χ1n) is 15.7. The lowest BCUT2D eigenvalue weighted by Gasteiger charge is -2.43. The molecule has 2 aliphatic heterocycles. The van der Waals surface area contributed by atoms with Crippen molar-refractivity contribution in [1.29, 1.82) is 0 Å². The summed E-state index contributed by atoms with van der Waals surface area (Å²) in [7, 11) is 0. The molecule has 8 rings (SSSR count). The van der Waals surface area contributed by atoms with Gasteiger partial charge in [-0.1, -0.05) is 59.9 Å². The Morgan fingerprint density at radius 3 is 2.40 bits per heavy atom. The lowest BCUT2D eigenvalue weighted by molar-refractivity contribution is -0.143. The van der Waals surface area contributed by atoms with E-state index in [1.54, 1.807) is 11.8 Å². The van der Waals surface area contributed by atoms with Gasteiger partial charge in [-0.3, -0.25) is 24.1 Å². The molecule has 3 heterocycles. The molecule has 0 radical (unpaired) electrons. The number of amides is 3. The van der Waals surface area contributed by atoms with Gasteiger partial charge >= 0.3 is 4.87 Å². The number of aromatic nitrogens is 1. The van der Waals surface area contributed by atoms with Crippen LogP contribution in [0.3, 0.4) is 0 Å². The van der Waals surface area contributed by atoms with Crippen LogP contribution in [0.4, 0.5) is 11.4 Å². The van der Waals surface area contributed by atoms with Crippen molar-refractivity contribution in [3.8, 4) is 0 Å². The summed E-state index contributed by atoms with van der Waals surface area (Å²) in [6.07, 6.45) is 0.818. The van der Waals surface area contributed by atoms with Gasteiger partial charge in [-0.15, -0.1) is 11.8 Å². The van der Waals surface area contributed by atoms with Gasteiger partial charge in [0.2, 0.25) is 17.7 Å². The number of hydrogen-bond donors (Lipinski definition) is 2. The largest absolute Gasteiger partial charge is 0.372 e. The van der Waals surface area contributed by atoms with Crippen LogP contribution in [-0.4, -0.2) is 52.5 Å². The second-order valence-electron chi connectivity index (χ2n) is 12.6. The van der Waals surface area contributed by atoms with Crippen molar-refractivity contribution in [3.63, 3.8) is 0 Å². The Kier molecular flexibility index (Phi) is 6.91. The normalized spacial score (nSPS) is 27.9. The molecule has 7 atom stereocenters. The van der Waals surface area contributed by atoms with Crippen molar-refractivity contribution in [2.24, 2.45) is 29.6 Å². The van der Waals surface area contributed by atoms with E-state index >= 15 is 0 Å². The number of likely N-dealkylation sites (tertiary alicyclic amines) is 1. The van der Waals surface area contributed by atoms with E-state index in [1.807, 2.05) is 42.5 Å². The van der Waals surface area contributed by atoms with Crippen LogP contribution in [0, 0.1) is 29.6 Å².